The third-order valence-electron chi connectivity index (χ3n) is 2.56. The van der Waals surface area contributed by atoms with Crippen molar-refractivity contribution in [3.8, 4) is 0 Å². The van der Waals surface area contributed by atoms with Gasteiger partial charge in [-0.05, 0) is 0 Å². The van der Waals surface area contributed by atoms with Gasteiger partial charge in [-0.15, -0.1) is 6.92 Å². The fourth-order valence-electron chi connectivity index (χ4n) is 1.41. The first-order valence-corrected chi connectivity index (χ1v) is 4.33. The molecule has 0 fully saturated rings. The normalized spacial score (nSPS) is 16.2. The zero-order valence-corrected chi connectivity index (χ0v) is 12.1. The first-order chi connectivity index (χ1) is 6.45. The van der Waals surface area contributed by atoms with Crippen LogP contribution in [-0.2, 0) is 30.7 Å². The summed E-state index contributed by atoms with van der Waals surface area (Å²) in [6, 6.07) is 0. The number of hydrogen-bond acceptors (Lipinski definition) is 2. The molecule has 15 heavy (non-hydrogen) atoms. The average molecular weight is 291 g/mol. The predicted molar refractivity (Wildman–Crippen MR) is 58.8 cm³/mol. The van der Waals surface area contributed by atoms with E-state index in [9.17, 15) is 0 Å². The SMILES string of the molecule is C=O.C=O.CC1=[C-]C(C)(C)C(C)=C1C.[Mo]. The minimum atomic E-state index is 0. The van der Waals surface area contributed by atoms with Crippen LogP contribution in [0.2, 0.25) is 0 Å². The van der Waals surface area contributed by atoms with Gasteiger partial charge in [-0.2, -0.15) is 11.1 Å². The molecule has 0 spiro atoms. The molecule has 0 aromatic heterocycles. The molecule has 0 N–H and O–H groups in total. The fraction of sp³-hybridized carbons (Fsp3) is 0.500. The molecule has 0 amide bonds. The van der Waals surface area contributed by atoms with Crippen LogP contribution in [0.25, 0.3) is 0 Å². The molecule has 0 radical (unpaired) electrons. The van der Waals surface area contributed by atoms with Gasteiger partial charge in [-0.3, -0.25) is 6.08 Å². The van der Waals surface area contributed by atoms with Gasteiger partial charge < -0.3 is 9.59 Å². The summed E-state index contributed by atoms with van der Waals surface area (Å²) in [5.74, 6) is 0. The van der Waals surface area contributed by atoms with Crippen molar-refractivity contribution in [3.63, 3.8) is 0 Å². The maximum absolute atomic E-state index is 8.00. The van der Waals surface area contributed by atoms with Gasteiger partial charge in [0, 0.05) is 21.1 Å². The van der Waals surface area contributed by atoms with Gasteiger partial charge >= 0.3 is 0 Å². The third kappa shape index (κ3) is 5.22. The Labute approximate surface area is 107 Å². The van der Waals surface area contributed by atoms with E-state index in [4.69, 9.17) is 9.59 Å². The van der Waals surface area contributed by atoms with Crippen molar-refractivity contribution in [2.24, 2.45) is 5.41 Å². The molecule has 0 saturated heterocycles. The average Bonchev–Trinajstić information content (AvgIpc) is 2.36. The van der Waals surface area contributed by atoms with Crippen molar-refractivity contribution in [2.45, 2.75) is 34.6 Å². The van der Waals surface area contributed by atoms with Crippen molar-refractivity contribution in [3.05, 3.63) is 22.8 Å². The van der Waals surface area contributed by atoms with Gasteiger partial charge in [-0.25, -0.2) is 5.57 Å². The molecule has 1 rings (SSSR count). The van der Waals surface area contributed by atoms with Gasteiger partial charge in [0.15, 0.2) is 0 Å². The molecule has 86 valence electrons. The summed E-state index contributed by atoms with van der Waals surface area (Å²) in [6.07, 6.45) is 3.44. The topological polar surface area (TPSA) is 34.1 Å². The molecular formula is C12H19MoO2-. The summed E-state index contributed by atoms with van der Waals surface area (Å²) < 4.78 is 0. The van der Waals surface area contributed by atoms with E-state index in [0.29, 0.717) is 0 Å². The number of hydrogen-bond donors (Lipinski definition) is 0. The first-order valence-electron chi connectivity index (χ1n) is 4.33. The molecule has 2 nitrogen and oxygen atoms in total. The van der Waals surface area contributed by atoms with Gasteiger partial charge in [0.1, 0.15) is 13.6 Å². The molecule has 0 aromatic carbocycles. The summed E-state index contributed by atoms with van der Waals surface area (Å²) in [6.45, 7) is 14.9. The Morgan fingerprint density at radius 2 is 1.33 bits per heavy atom. The summed E-state index contributed by atoms with van der Waals surface area (Å²) in [7, 11) is 0. The smallest absolute Gasteiger partial charge is 0.106 e. The minimum Gasteiger partial charge on any atom is -0.307 e. The van der Waals surface area contributed by atoms with Crippen LogP contribution in [0.15, 0.2) is 16.7 Å². The molecule has 1 aliphatic rings. The van der Waals surface area contributed by atoms with E-state index < -0.39 is 0 Å². The van der Waals surface area contributed by atoms with Crippen LogP contribution in [0.5, 0.6) is 0 Å². The maximum Gasteiger partial charge on any atom is 0.106 e. The molecule has 0 saturated carbocycles. The Balaban J connectivity index is -0.000000258. The molecular weight excluding hydrogens is 272 g/mol. The molecule has 0 aliphatic heterocycles. The van der Waals surface area contributed by atoms with E-state index in [2.05, 4.69) is 40.7 Å². The molecule has 0 bridgehead atoms. The van der Waals surface area contributed by atoms with Crippen molar-refractivity contribution in [1.29, 1.82) is 0 Å². The van der Waals surface area contributed by atoms with E-state index in [-0.39, 0.29) is 26.5 Å². The zero-order valence-electron chi connectivity index (χ0n) is 10.1. The second-order valence-corrected chi connectivity index (χ2v) is 3.62. The standard InChI is InChI=1S/C10H15.2CH2O.Mo/c1-7-6-10(4,5)9(3)8(7)2;2*1-2;/h1-5H3;2*1H2;/q-1;;;. The van der Waals surface area contributed by atoms with E-state index in [0.717, 1.165) is 0 Å². The summed E-state index contributed by atoms with van der Waals surface area (Å²) >= 11 is 0. The summed E-state index contributed by atoms with van der Waals surface area (Å²) in [5, 5.41) is 0. The number of rotatable bonds is 0. The second-order valence-electron chi connectivity index (χ2n) is 3.62. The van der Waals surface area contributed by atoms with Crippen molar-refractivity contribution in [1.82, 2.24) is 0 Å². The van der Waals surface area contributed by atoms with Crippen LogP contribution in [-0.4, -0.2) is 13.6 Å². The summed E-state index contributed by atoms with van der Waals surface area (Å²) in [4.78, 5) is 16.0. The van der Waals surface area contributed by atoms with Crippen LogP contribution in [0.3, 0.4) is 0 Å². The van der Waals surface area contributed by atoms with Crippen molar-refractivity contribution < 1.29 is 30.7 Å². The van der Waals surface area contributed by atoms with Crippen LogP contribution in [0.4, 0.5) is 0 Å². The number of carbonyl (C=O) groups is 2. The van der Waals surface area contributed by atoms with Gasteiger partial charge in [0.25, 0.3) is 0 Å². The van der Waals surface area contributed by atoms with E-state index in [1.165, 1.54) is 16.7 Å². The Morgan fingerprint density at radius 1 is 1.00 bits per heavy atom. The molecule has 0 aromatic rings. The first kappa shape index (κ1) is 20.0. The van der Waals surface area contributed by atoms with E-state index >= 15 is 0 Å². The van der Waals surface area contributed by atoms with Crippen LogP contribution >= 0.6 is 0 Å². The van der Waals surface area contributed by atoms with Crippen molar-refractivity contribution >= 4 is 13.6 Å². The Kier molecular flexibility index (Phi) is 11.7. The molecule has 0 atom stereocenters. The minimum absolute atomic E-state index is 0. The molecule has 3 heteroatoms. The van der Waals surface area contributed by atoms with Crippen LogP contribution in [0, 0.1) is 11.5 Å². The van der Waals surface area contributed by atoms with Crippen molar-refractivity contribution in [2.75, 3.05) is 0 Å². The Hall–Kier alpha value is -0.492. The van der Waals surface area contributed by atoms with Crippen LogP contribution in [0.1, 0.15) is 34.6 Å². The predicted octanol–water partition coefficient (Wildman–Crippen LogP) is 2.74. The summed E-state index contributed by atoms with van der Waals surface area (Å²) in [5.41, 5.74) is 4.39. The molecule has 1 aliphatic carbocycles. The second kappa shape index (κ2) is 8.79. The van der Waals surface area contributed by atoms with E-state index in [1.807, 2.05) is 13.6 Å². The Bertz CT molecular complexity index is 250. The third-order valence-corrected chi connectivity index (χ3v) is 2.56. The zero-order chi connectivity index (χ0) is 11.9. The fourth-order valence-corrected chi connectivity index (χ4v) is 1.41. The Morgan fingerprint density at radius 3 is 1.40 bits per heavy atom. The van der Waals surface area contributed by atoms with Gasteiger partial charge in [0.05, 0.1) is 0 Å². The largest absolute Gasteiger partial charge is 0.307 e. The quantitative estimate of drug-likeness (QED) is 0.508. The van der Waals surface area contributed by atoms with Crippen LogP contribution < -0.4 is 0 Å². The van der Waals surface area contributed by atoms with Gasteiger partial charge in [0.2, 0.25) is 0 Å². The maximum atomic E-state index is 8.00. The number of carbonyl (C=O) groups excluding carboxylic acids is 2. The molecule has 0 heterocycles. The van der Waals surface area contributed by atoms with Gasteiger partial charge in [-0.1, -0.05) is 33.1 Å². The number of allylic oxidation sites excluding steroid dienone is 4. The monoisotopic (exact) mass is 293 g/mol. The molecule has 0 unspecified atom stereocenters. The van der Waals surface area contributed by atoms with E-state index in [1.54, 1.807) is 0 Å².